The minimum absolute atomic E-state index is 0.0833. The van der Waals surface area contributed by atoms with E-state index in [0.29, 0.717) is 17.9 Å². The Kier molecular flexibility index (Phi) is 10.3. The Morgan fingerprint density at radius 3 is 2.41 bits per heavy atom. The van der Waals surface area contributed by atoms with Crippen molar-refractivity contribution < 1.29 is 27.5 Å². The van der Waals surface area contributed by atoms with Crippen LogP contribution in [0.15, 0.2) is 41.3 Å². The second kappa shape index (κ2) is 12.2. The lowest BCUT2D eigenvalue weighted by Gasteiger charge is -2.25. The fraction of sp³-hybridized carbons (Fsp3) is 0.478. The molecule has 2 aromatic carbocycles. The SMILES string of the molecule is CC(C)(CCCCSc1cc(F)c(CNCCCP(=O)(O)O)cc1F)c1ccccc1F. The zero-order chi connectivity index (χ0) is 23.8. The van der Waals surface area contributed by atoms with Gasteiger partial charge >= 0.3 is 7.60 Å². The van der Waals surface area contributed by atoms with Gasteiger partial charge < -0.3 is 15.1 Å². The van der Waals surface area contributed by atoms with E-state index in [2.05, 4.69) is 5.32 Å². The lowest BCUT2D eigenvalue weighted by molar-refractivity contribution is 0.371. The van der Waals surface area contributed by atoms with Crippen LogP contribution >= 0.6 is 19.4 Å². The van der Waals surface area contributed by atoms with E-state index in [9.17, 15) is 17.7 Å². The number of rotatable bonds is 13. The zero-order valence-electron chi connectivity index (χ0n) is 18.4. The van der Waals surface area contributed by atoms with Crippen LogP contribution in [0, 0.1) is 17.5 Å². The third-order valence-electron chi connectivity index (χ3n) is 5.28. The Bertz CT molecular complexity index is 937. The highest BCUT2D eigenvalue weighted by atomic mass is 32.2. The maximum absolute atomic E-state index is 14.4. The van der Waals surface area contributed by atoms with Crippen molar-refractivity contribution in [3.05, 3.63) is 65.0 Å². The van der Waals surface area contributed by atoms with Gasteiger partial charge in [-0.1, -0.05) is 38.5 Å². The summed E-state index contributed by atoms with van der Waals surface area (Å²) >= 11 is 1.26. The van der Waals surface area contributed by atoms with Gasteiger partial charge in [0, 0.05) is 17.0 Å². The first kappa shape index (κ1) is 26.9. The van der Waals surface area contributed by atoms with Gasteiger partial charge in [0.05, 0.1) is 6.16 Å². The van der Waals surface area contributed by atoms with Crippen molar-refractivity contribution in [1.82, 2.24) is 5.32 Å². The van der Waals surface area contributed by atoms with Gasteiger partial charge in [-0.2, -0.15) is 0 Å². The molecule has 3 N–H and O–H groups in total. The molecule has 178 valence electrons. The normalized spacial score (nSPS) is 12.3. The quantitative estimate of drug-likeness (QED) is 0.183. The van der Waals surface area contributed by atoms with Gasteiger partial charge in [-0.25, -0.2) is 13.2 Å². The molecule has 0 bridgehead atoms. The van der Waals surface area contributed by atoms with Crippen LogP contribution in [0.2, 0.25) is 0 Å². The van der Waals surface area contributed by atoms with E-state index in [0.717, 1.165) is 25.3 Å². The van der Waals surface area contributed by atoms with Crippen LogP contribution in [0.4, 0.5) is 13.2 Å². The molecule has 0 unspecified atom stereocenters. The summed E-state index contributed by atoms with van der Waals surface area (Å²) in [4.78, 5) is 17.9. The topological polar surface area (TPSA) is 69.6 Å². The van der Waals surface area contributed by atoms with Gasteiger partial charge in [0.15, 0.2) is 0 Å². The summed E-state index contributed by atoms with van der Waals surface area (Å²) in [6.45, 7) is 4.39. The lowest BCUT2D eigenvalue weighted by atomic mass is 9.80. The minimum Gasteiger partial charge on any atom is -0.324 e. The molecule has 0 amide bonds. The number of unbranched alkanes of at least 4 members (excludes halogenated alkanes) is 1. The zero-order valence-corrected chi connectivity index (χ0v) is 20.1. The fourth-order valence-electron chi connectivity index (χ4n) is 3.44. The standard InChI is InChI=1S/C23H31F3NO3PS/c1-23(2,18-8-3-4-9-19(18)24)10-5-6-13-32-22-15-20(25)17(14-21(22)26)16-27-11-7-12-31(28,29)30/h3-4,8-9,14-15,27H,5-7,10-13,16H2,1-2H3,(H2,28,29,30). The Balaban J connectivity index is 1.77. The van der Waals surface area contributed by atoms with E-state index in [4.69, 9.17) is 9.79 Å². The summed E-state index contributed by atoms with van der Waals surface area (Å²) in [7, 11) is -4.04. The van der Waals surface area contributed by atoms with E-state index in [1.165, 1.54) is 23.9 Å². The molecule has 32 heavy (non-hydrogen) atoms. The lowest BCUT2D eigenvalue weighted by Crippen LogP contribution is -2.18. The van der Waals surface area contributed by atoms with Crippen molar-refractivity contribution in [2.75, 3.05) is 18.5 Å². The van der Waals surface area contributed by atoms with Crippen molar-refractivity contribution in [3.63, 3.8) is 0 Å². The first-order chi connectivity index (χ1) is 15.0. The molecule has 0 aromatic heterocycles. The summed E-state index contributed by atoms with van der Waals surface area (Å²) < 4.78 is 53.5. The Labute approximate surface area is 192 Å². The Hall–Kier alpha value is -1.31. The van der Waals surface area contributed by atoms with Gasteiger partial charge in [0.25, 0.3) is 0 Å². The molecule has 0 saturated carbocycles. The van der Waals surface area contributed by atoms with Crippen LogP contribution in [0.5, 0.6) is 0 Å². The molecule has 0 atom stereocenters. The van der Waals surface area contributed by atoms with Gasteiger partial charge in [0.2, 0.25) is 0 Å². The summed E-state index contributed by atoms with van der Waals surface area (Å²) in [5.74, 6) is -0.586. The minimum atomic E-state index is -4.04. The smallest absolute Gasteiger partial charge is 0.324 e. The largest absolute Gasteiger partial charge is 0.325 e. The van der Waals surface area contributed by atoms with Gasteiger partial charge in [-0.05, 0) is 60.7 Å². The molecule has 0 spiro atoms. The maximum atomic E-state index is 14.4. The molecule has 2 aromatic rings. The van der Waals surface area contributed by atoms with E-state index >= 15 is 0 Å². The maximum Gasteiger partial charge on any atom is 0.325 e. The second-order valence-corrected chi connectivity index (χ2v) is 11.4. The number of benzene rings is 2. The van der Waals surface area contributed by atoms with Gasteiger partial charge in [-0.3, -0.25) is 4.57 Å². The first-order valence-corrected chi connectivity index (χ1v) is 13.4. The third kappa shape index (κ3) is 8.91. The molecule has 0 aliphatic rings. The molecular formula is C23H31F3NO3PS. The summed E-state index contributed by atoms with van der Waals surface area (Å²) in [6, 6.07) is 9.12. The van der Waals surface area contributed by atoms with Crippen LogP contribution in [0.25, 0.3) is 0 Å². The molecule has 4 nitrogen and oxygen atoms in total. The molecule has 2 rings (SSSR count). The van der Waals surface area contributed by atoms with Gasteiger partial charge in [0.1, 0.15) is 17.5 Å². The van der Waals surface area contributed by atoms with Crippen molar-refractivity contribution in [1.29, 1.82) is 0 Å². The predicted molar refractivity (Wildman–Crippen MR) is 124 cm³/mol. The highest BCUT2D eigenvalue weighted by molar-refractivity contribution is 7.99. The number of nitrogens with one attached hydrogen (secondary N) is 1. The first-order valence-electron chi connectivity index (χ1n) is 10.6. The number of hydrogen-bond donors (Lipinski definition) is 3. The van der Waals surface area contributed by atoms with E-state index < -0.39 is 19.2 Å². The molecule has 0 heterocycles. The number of hydrogen-bond acceptors (Lipinski definition) is 3. The molecule has 0 fully saturated rings. The predicted octanol–water partition coefficient (Wildman–Crippen LogP) is 6.00. The number of thioether (sulfide) groups is 1. The molecule has 0 radical (unpaired) electrons. The Morgan fingerprint density at radius 2 is 1.72 bits per heavy atom. The summed E-state index contributed by atoms with van der Waals surface area (Å²) in [5.41, 5.74) is 0.564. The van der Waals surface area contributed by atoms with Crippen molar-refractivity contribution in [2.24, 2.45) is 0 Å². The second-order valence-electron chi connectivity index (χ2n) is 8.46. The van der Waals surface area contributed by atoms with Crippen LogP contribution in [-0.4, -0.2) is 28.2 Å². The molecule has 0 saturated heterocycles. The summed E-state index contributed by atoms with van der Waals surface area (Å²) in [6.07, 6.45) is 2.43. The molecular weight excluding hydrogens is 458 g/mol. The molecule has 0 aliphatic carbocycles. The monoisotopic (exact) mass is 489 g/mol. The van der Waals surface area contributed by atoms with E-state index in [-0.39, 0.29) is 40.8 Å². The molecule has 0 aliphatic heterocycles. The van der Waals surface area contributed by atoms with Crippen LogP contribution in [0.1, 0.15) is 50.7 Å². The average molecular weight is 490 g/mol. The van der Waals surface area contributed by atoms with Crippen molar-refractivity contribution in [2.45, 2.75) is 56.4 Å². The van der Waals surface area contributed by atoms with Crippen molar-refractivity contribution in [3.8, 4) is 0 Å². The van der Waals surface area contributed by atoms with E-state index in [1.54, 1.807) is 12.1 Å². The van der Waals surface area contributed by atoms with Crippen LogP contribution in [-0.2, 0) is 16.5 Å². The molecule has 9 heteroatoms. The summed E-state index contributed by atoms with van der Waals surface area (Å²) in [5, 5.41) is 2.87. The van der Waals surface area contributed by atoms with Crippen molar-refractivity contribution >= 4 is 19.4 Å². The van der Waals surface area contributed by atoms with Gasteiger partial charge in [-0.15, -0.1) is 11.8 Å². The average Bonchev–Trinajstić information content (AvgIpc) is 2.69. The fourth-order valence-corrected chi connectivity index (χ4v) is 4.97. The highest BCUT2D eigenvalue weighted by Crippen LogP contribution is 2.34. The van der Waals surface area contributed by atoms with Crippen LogP contribution < -0.4 is 5.32 Å². The number of halogens is 3. The highest BCUT2D eigenvalue weighted by Gasteiger charge is 2.23. The van der Waals surface area contributed by atoms with Crippen LogP contribution in [0.3, 0.4) is 0 Å². The Morgan fingerprint density at radius 1 is 1.00 bits per heavy atom. The third-order valence-corrected chi connectivity index (χ3v) is 7.29. The van der Waals surface area contributed by atoms with E-state index in [1.807, 2.05) is 19.9 Å².